The molecule has 2 heterocycles. The van der Waals surface area contributed by atoms with Gasteiger partial charge in [0, 0.05) is 29.6 Å². The molecule has 32 heavy (non-hydrogen) atoms. The molecule has 7 heteroatoms. The molecule has 0 bridgehead atoms. The van der Waals surface area contributed by atoms with Gasteiger partial charge in [0.25, 0.3) is 11.5 Å². The summed E-state index contributed by atoms with van der Waals surface area (Å²) in [6, 6.07) is 12.5. The SMILES string of the molecule is Cc1ccccc1-n1ncc2cc(-c3cc(C(=O)NC4CC4)cc(F)c3C)c(=O)n(C)c21. The molecule has 0 unspecified atom stereocenters. The van der Waals surface area contributed by atoms with E-state index in [4.69, 9.17) is 0 Å². The van der Waals surface area contributed by atoms with E-state index in [0.29, 0.717) is 22.3 Å². The summed E-state index contributed by atoms with van der Waals surface area (Å²) in [5, 5.41) is 8.13. The minimum Gasteiger partial charge on any atom is -0.349 e. The van der Waals surface area contributed by atoms with Crippen molar-refractivity contribution in [1.29, 1.82) is 0 Å². The molecule has 5 rings (SSSR count). The van der Waals surface area contributed by atoms with Crippen LogP contribution in [-0.4, -0.2) is 26.3 Å². The zero-order valence-electron chi connectivity index (χ0n) is 18.1. The Kier molecular flexibility index (Phi) is 4.69. The Labute approximate surface area is 184 Å². The molecule has 0 saturated heterocycles. The number of pyridine rings is 1. The molecule has 2 aromatic heterocycles. The second-order valence-corrected chi connectivity index (χ2v) is 8.42. The molecule has 1 amide bonds. The van der Waals surface area contributed by atoms with Crippen molar-refractivity contribution in [2.45, 2.75) is 32.7 Å². The van der Waals surface area contributed by atoms with E-state index in [0.717, 1.165) is 29.5 Å². The highest BCUT2D eigenvalue weighted by atomic mass is 19.1. The van der Waals surface area contributed by atoms with Crippen LogP contribution in [0.3, 0.4) is 0 Å². The number of benzene rings is 2. The largest absolute Gasteiger partial charge is 0.349 e. The lowest BCUT2D eigenvalue weighted by Gasteiger charge is -2.13. The number of nitrogens with zero attached hydrogens (tertiary/aromatic N) is 3. The monoisotopic (exact) mass is 430 g/mol. The molecule has 6 nitrogen and oxygen atoms in total. The fourth-order valence-corrected chi connectivity index (χ4v) is 4.04. The number of hydrogen-bond donors (Lipinski definition) is 1. The Balaban J connectivity index is 1.68. The number of hydrogen-bond acceptors (Lipinski definition) is 3. The maximum atomic E-state index is 14.7. The quantitative estimate of drug-likeness (QED) is 0.531. The molecule has 0 radical (unpaired) electrons. The van der Waals surface area contributed by atoms with E-state index >= 15 is 0 Å². The number of amides is 1. The highest BCUT2D eigenvalue weighted by molar-refractivity contribution is 5.96. The third-order valence-electron chi connectivity index (χ3n) is 6.08. The lowest BCUT2D eigenvalue weighted by Crippen LogP contribution is -2.26. The van der Waals surface area contributed by atoms with Gasteiger partial charge in [-0.3, -0.25) is 14.2 Å². The molecule has 0 spiro atoms. The number of para-hydroxylation sites is 1. The number of rotatable bonds is 4. The van der Waals surface area contributed by atoms with Crippen LogP contribution in [0.25, 0.3) is 27.8 Å². The summed E-state index contributed by atoms with van der Waals surface area (Å²) in [6.45, 7) is 3.60. The molecule has 0 aliphatic heterocycles. The van der Waals surface area contributed by atoms with Crippen molar-refractivity contribution in [2.24, 2.45) is 7.05 Å². The summed E-state index contributed by atoms with van der Waals surface area (Å²) in [5.74, 6) is -0.834. The predicted octanol–water partition coefficient (Wildman–Crippen LogP) is 4.04. The van der Waals surface area contributed by atoms with Gasteiger partial charge in [-0.05, 0) is 67.6 Å². The normalized spacial score (nSPS) is 13.5. The summed E-state index contributed by atoms with van der Waals surface area (Å²) >= 11 is 0. The van der Waals surface area contributed by atoms with Crippen LogP contribution in [0.15, 0.2) is 53.5 Å². The average Bonchev–Trinajstić information content (AvgIpc) is 3.49. The van der Waals surface area contributed by atoms with Crippen molar-refractivity contribution < 1.29 is 9.18 Å². The maximum Gasteiger partial charge on any atom is 0.259 e. The van der Waals surface area contributed by atoms with E-state index in [1.807, 2.05) is 31.2 Å². The van der Waals surface area contributed by atoms with Crippen LogP contribution in [0.1, 0.15) is 34.3 Å². The van der Waals surface area contributed by atoms with Gasteiger partial charge < -0.3 is 5.32 Å². The van der Waals surface area contributed by atoms with Gasteiger partial charge in [-0.15, -0.1) is 0 Å². The van der Waals surface area contributed by atoms with Gasteiger partial charge in [-0.2, -0.15) is 5.10 Å². The molecule has 1 aliphatic carbocycles. The van der Waals surface area contributed by atoms with Crippen molar-refractivity contribution in [2.75, 3.05) is 0 Å². The molecular formula is C25H23FN4O2. The second kappa shape index (κ2) is 7.44. The number of carbonyl (C=O) groups is 1. The van der Waals surface area contributed by atoms with Crippen molar-refractivity contribution >= 4 is 16.9 Å². The number of aryl methyl sites for hydroxylation is 2. The second-order valence-electron chi connectivity index (χ2n) is 8.42. The Hall–Kier alpha value is -3.74. The first kappa shape index (κ1) is 20.2. The number of nitrogens with one attached hydrogen (secondary N) is 1. The molecule has 4 aromatic rings. The minimum atomic E-state index is -0.513. The Bertz CT molecular complexity index is 1450. The molecule has 1 saturated carbocycles. The Morgan fingerprint density at radius 2 is 1.88 bits per heavy atom. The van der Waals surface area contributed by atoms with Crippen molar-refractivity contribution in [1.82, 2.24) is 19.7 Å². The van der Waals surface area contributed by atoms with Crippen LogP contribution in [0.5, 0.6) is 0 Å². The first-order chi connectivity index (χ1) is 15.3. The summed E-state index contributed by atoms with van der Waals surface area (Å²) in [7, 11) is 1.68. The van der Waals surface area contributed by atoms with Crippen LogP contribution in [0.2, 0.25) is 0 Å². The molecule has 1 aliphatic rings. The summed E-state index contributed by atoms with van der Waals surface area (Å²) in [6.07, 6.45) is 3.57. The molecule has 162 valence electrons. The van der Waals surface area contributed by atoms with Gasteiger partial charge in [0.05, 0.1) is 11.9 Å². The van der Waals surface area contributed by atoms with E-state index in [1.54, 1.807) is 37.0 Å². The van der Waals surface area contributed by atoms with E-state index < -0.39 is 5.82 Å². The third kappa shape index (κ3) is 3.30. The number of carbonyl (C=O) groups excluding carboxylic acids is 1. The predicted molar refractivity (Wildman–Crippen MR) is 122 cm³/mol. The van der Waals surface area contributed by atoms with Crippen LogP contribution in [-0.2, 0) is 7.05 Å². The fraction of sp³-hybridized carbons (Fsp3) is 0.240. The van der Waals surface area contributed by atoms with Gasteiger partial charge in [0.2, 0.25) is 0 Å². The molecule has 0 atom stereocenters. The van der Waals surface area contributed by atoms with Gasteiger partial charge >= 0.3 is 0 Å². The van der Waals surface area contributed by atoms with Crippen molar-refractivity contribution in [3.63, 3.8) is 0 Å². The van der Waals surface area contributed by atoms with Gasteiger partial charge in [0.15, 0.2) is 0 Å². The first-order valence-corrected chi connectivity index (χ1v) is 10.6. The van der Waals surface area contributed by atoms with Crippen LogP contribution >= 0.6 is 0 Å². The topological polar surface area (TPSA) is 68.9 Å². The smallest absolute Gasteiger partial charge is 0.259 e. The summed E-state index contributed by atoms with van der Waals surface area (Å²) in [5.41, 5.74) is 3.57. The van der Waals surface area contributed by atoms with E-state index in [2.05, 4.69) is 10.4 Å². The highest BCUT2D eigenvalue weighted by Crippen LogP contribution is 2.29. The number of fused-ring (bicyclic) bond motifs is 1. The standard InChI is InChI=1S/C25H23FN4O2/c1-14-6-4-5-7-22(14)30-24-17(13-27-30)11-20(25(32)29(24)3)19-10-16(12-21(26)15(19)2)23(31)28-18-8-9-18/h4-7,10-13,18H,8-9H2,1-3H3,(H,28,31). The molecular weight excluding hydrogens is 407 g/mol. The molecule has 1 fully saturated rings. The van der Waals surface area contributed by atoms with E-state index in [9.17, 15) is 14.0 Å². The van der Waals surface area contributed by atoms with Crippen LogP contribution in [0.4, 0.5) is 4.39 Å². The minimum absolute atomic E-state index is 0.159. The van der Waals surface area contributed by atoms with Gasteiger partial charge in [-0.1, -0.05) is 18.2 Å². The number of aromatic nitrogens is 3. The van der Waals surface area contributed by atoms with Crippen molar-refractivity contribution in [3.8, 4) is 16.8 Å². The number of halogens is 1. The lowest BCUT2D eigenvalue weighted by molar-refractivity contribution is 0.0950. The van der Waals surface area contributed by atoms with Gasteiger partial charge in [0.1, 0.15) is 11.5 Å². The average molecular weight is 430 g/mol. The Morgan fingerprint density at radius 1 is 1.12 bits per heavy atom. The van der Waals surface area contributed by atoms with Crippen LogP contribution < -0.4 is 10.9 Å². The third-order valence-corrected chi connectivity index (χ3v) is 6.08. The molecule has 2 aromatic carbocycles. The highest BCUT2D eigenvalue weighted by Gasteiger charge is 2.25. The van der Waals surface area contributed by atoms with E-state index in [-0.39, 0.29) is 23.1 Å². The first-order valence-electron chi connectivity index (χ1n) is 10.6. The van der Waals surface area contributed by atoms with E-state index in [1.165, 1.54) is 10.6 Å². The zero-order chi connectivity index (χ0) is 22.6. The van der Waals surface area contributed by atoms with Crippen LogP contribution in [0, 0.1) is 19.7 Å². The zero-order valence-corrected chi connectivity index (χ0v) is 18.1. The maximum absolute atomic E-state index is 14.7. The van der Waals surface area contributed by atoms with Gasteiger partial charge in [-0.25, -0.2) is 9.07 Å². The molecule has 1 N–H and O–H groups in total. The summed E-state index contributed by atoms with van der Waals surface area (Å²) < 4.78 is 18.0. The Morgan fingerprint density at radius 3 is 2.59 bits per heavy atom. The fourth-order valence-electron chi connectivity index (χ4n) is 4.04. The van der Waals surface area contributed by atoms with Crippen molar-refractivity contribution in [3.05, 3.63) is 81.5 Å². The lowest BCUT2D eigenvalue weighted by atomic mass is 9.97. The summed E-state index contributed by atoms with van der Waals surface area (Å²) in [4.78, 5) is 25.9.